The van der Waals surface area contributed by atoms with E-state index in [2.05, 4.69) is 10.2 Å². The largest absolute Gasteiger partial charge is 0.462 e. The Morgan fingerprint density at radius 1 is 1.65 bits per heavy atom. The van der Waals surface area contributed by atoms with Crippen molar-refractivity contribution in [3.8, 4) is 0 Å². The maximum Gasteiger partial charge on any atom is 0.342 e. The molecule has 1 atom stereocenters. The Morgan fingerprint density at radius 2 is 2.40 bits per heavy atom. The van der Waals surface area contributed by atoms with Gasteiger partial charge in [0.05, 0.1) is 19.4 Å². The molecule has 0 aromatic carbocycles. The fraction of sp³-hybridized carbons (Fsp3) is 0.636. The van der Waals surface area contributed by atoms with Crippen LogP contribution >= 0.6 is 0 Å². The van der Waals surface area contributed by atoms with Crippen LogP contribution in [0.15, 0.2) is 11.2 Å². The van der Waals surface area contributed by atoms with Crippen molar-refractivity contribution in [2.45, 2.75) is 30.8 Å². The van der Waals surface area contributed by atoms with Gasteiger partial charge in [-0.15, -0.1) is 0 Å². The smallest absolute Gasteiger partial charge is 0.342 e. The molecule has 0 spiro atoms. The molecule has 2 N–H and O–H groups in total. The zero-order chi connectivity index (χ0) is 14.8. The molecule has 20 heavy (non-hydrogen) atoms. The maximum atomic E-state index is 12.5. The Labute approximate surface area is 116 Å². The summed E-state index contributed by atoms with van der Waals surface area (Å²) in [5.41, 5.74) is -0.115. The van der Waals surface area contributed by atoms with E-state index in [1.54, 1.807) is 6.92 Å². The lowest BCUT2D eigenvalue weighted by molar-refractivity contribution is 0.0521. The van der Waals surface area contributed by atoms with Gasteiger partial charge in [0, 0.05) is 12.6 Å². The van der Waals surface area contributed by atoms with Crippen LogP contribution in [0.5, 0.6) is 0 Å². The number of aliphatic hydroxyl groups is 1. The number of nitrogens with zero attached hydrogens (tertiary/aromatic N) is 2. The van der Waals surface area contributed by atoms with Crippen LogP contribution in [0.2, 0.25) is 0 Å². The summed E-state index contributed by atoms with van der Waals surface area (Å²) in [7, 11) is -3.90. The summed E-state index contributed by atoms with van der Waals surface area (Å²) in [4.78, 5) is 11.7. The lowest BCUT2D eigenvalue weighted by Gasteiger charge is -2.21. The van der Waals surface area contributed by atoms with Crippen LogP contribution in [-0.4, -0.2) is 59.8 Å². The normalized spacial score (nSPS) is 20.2. The summed E-state index contributed by atoms with van der Waals surface area (Å²) < 4.78 is 31.1. The van der Waals surface area contributed by atoms with E-state index in [0.29, 0.717) is 19.4 Å². The molecule has 0 aliphatic carbocycles. The molecule has 0 radical (unpaired) electrons. The van der Waals surface area contributed by atoms with Gasteiger partial charge in [0.25, 0.3) is 10.0 Å². The maximum absolute atomic E-state index is 12.5. The van der Waals surface area contributed by atoms with Crippen molar-refractivity contribution in [2.75, 3.05) is 19.8 Å². The van der Waals surface area contributed by atoms with E-state index in [9.17, 15) is 18.3 Å². The summed E-state index contributed by atoms with van der Waals surface area (Å²) >= 11 is 0. The molecule has 2 heterocycles. The second-order valence-electron chi connectivity index (χ2n) is 4.43. The van der Waals surface area contributed by atoms with E-state index in [-0.39, 0.29) is 23.8 Å². The number of ether oxygens (including phenoxy) is 1. The van der Waals surface area contributed by atoms with Gasteiger partial charge in [-0.2, -0.15) is 9.40 Å². The third-order valence-electron chi connectivity index (χ3n) is 3.20. The van der Waals surface area contributed by atoms with Crippen molar-refractivity contribution in [1.29, 1.82) is 0 Å². The number of hydrogen-bond acceptors (Lipinski definition) is 6. The Morgan fingerprint density at radius 3 is 3.05 bits per heavy atom. The highest BCUT2D eigenvalue weighted by atomic mass is 32.2. The van der Waals surface area contributed by atoms with Gasteiger partial charge in [-0.1, -0.05) is 0 Å². The Kier molecular flexibility index (Phi) is 4.41. The first-order chi connectivity index (χ1) is 9.52. The summed E-state index contributed by atoms with van der Waals surface area (Å²) in [5.74, 6) is -0.737. The fourth-order valence-electron chi connectivity index (χ4n) is 2.25. The number of sulfonamides is 1. The van der Waals surface area contributed by atoms with Crippen LogP contribution in [0.25, 0.3) is 0 Å². The number of nitrogens with one attached hydrogen (secondary N) is 1. The molecule has 0 unspecified atom stereocenters. The van der Waals surface area contributed by atoms with E-state index in [4.69, 9.17) is 4.74 Å². The van der Waals surface area contributed by atoms with E-state index in [1.807, 2.05) is 0 Å². The van der Waals surface area contributed by atoms with Crippen LogP contribution < -0.4 is 0 Å². The monoisotopic (exact) mass is 303 g/mol. The van der Waals surface area contributed by atoms with Crippen molar-refractivity contribution in [3.05, 3.63) is 11.8 Å². The summed E-state index contributed by atoms with van der Waals surface area (Å²) in [6.07, 6.45) is 2.40. The first kappa shape index (κ1) is 14.9. The van der Waals surface area contributed by atoms with Gasteiger partial charge in [0.1, 0.15) is 5.56 Å². The van der Waals surface area contributed by atoms with Crippen molar-refractivity contribution < 1.29 is 23.1 Å². The SMILES string of the molecule is CCOC(=O)c1cn[nH]c1S(=O)(=O)N1CCC[C@@H]1CO. The highest BCUT2D eigenvalue weighted by molar-refractivity contribution is 7.89. The van der Waals surface area contributed by atoms with Crippen LogP contribution in [-0.2, 0) is 14.8 Å². The molecule has 0 saturated carbocycles. The molecule has 2 rings (SSSR count). The number of aromatic amines is 1. The van der Waals surface area contributed by atoms with Crippen molar-refractivity contribution in [2.24, 2.45) is 0 Å². The van der Waals surface area contributed by atoms with Gasteiger partial charge in [0.2, 0.25) is 0 Å². The van der Waals surface area contributed by atoms with Crippen molar-refractivity contribution >= 4 is 16.0 Å². The van der Waals surface area contributed by atoms with Gasteiger partial charge < -0.3 is 9.84 Å². The number of aromatic nitrogens is 2. The van der Waals surface area contributed by atoms with Gasteiger partial charge in [0.15, 0.2) is 5.03 Å². The van der Waals surface area contributed by atoms with Gasteiger partial charge in [-0.05, 0) is 19.8 Å². The van der Waals surface area contributed by atoms with E-state index < -0.39 is 22.0 Å². The number of esters is 1. The number of aliphatic hydroxyl groups excluding tert-OH is 1. The number of rotatable bonds is 5. The molecule has 1 aromatic rings. The highest BCUT2D eigenvalue weighted by Crippen LogP contribution is 2.26. The van der Waals surface area contributed by atoms with Crippen molar-refractivity contribution in [3.63, 3.8) is 0 Å². The number of hydrogen-bond donors (Lipinski definition) is 2. The average Bonchev–Trinajstić information content (AvgIpc) is 3.08. The van der Waals surface area contributed by atoms with Gasteiger partial charge >= 0.3 is 5.97 Å². The predicted molar refractivity (Wildman–Crippen MR) is 68.5 cm³/mol. The molecule has 9 heteroatoms. The standard InChI is InChI=1S/C11H17N3O5S/c1-2-19-11(16)9-6-12-13-10(9)20(17,18)14-5-3-4-8(14)7-15/h6,8,15H,2-5,7H2,1H3,(H,12,13)/t8-/m1/s1. The summed E-state index contributed by atoms with van der Waals surface area (Å²) in [5, 5.41) is 14.9. The minimum absolute atomic E-state index is 0.115. The van der Waals surface area contributed by atoms with Gasteiger partial charge in [-0.3, -0.25) is 5.10 Å². The molecular weight excluding hydrogens is 286 g/mol. The Balaban J connectivity index is 2.35. The molecule has 1 aliphatic heterocycles. The van der Waals surface area contributed by atoms with E-state index >= 15 is 0 Å². The molecule has 0 amide bonds. The second kappa shape index (κ2) is 5.90. The highest BCUT2D eigenvalue weighted by Gasteiger charge is 2.38. The number of carbonyl (C=O) groups excluding carboxylic acids is 1. The quantitative estimate of drug-likeness (QED) is 0.724. The van der Waals surface area contributed by atoms with Crippen LogP contribution in [0.4, 0.5) is 0 Å². The number of carbonyl (C=O) groups is 1. The minimum Gasteiger partial charge on any atom is -0.462 e. The first-order valence-electron chi connectivity index (χ1n) is 6.35. The van der Waals surface area contributed by atoms with Gasteiger partial charge in [-0.25, -0.2) is 13.2 Å². The Hall–Kier alpha value is -1.45. The van der Waals surface area contributed by atoms with Crippen LogP contribution in [0, 0.1) is 0 Å². The van der Waals surface area contributed by atoms with E-state index in [0.717, 1.165) is 6.20 Å². The molecular formula is C11H17N3O5S. The van der Waals surface area contributed by atoms with Crippen LogP contribution in [0.3, 0.4) is 0 Å². The first-order valence-corrected chi connectivity index (χ1v) is 7.79. The molecule has 112 valence electrons. The lowest BCUT2D eigenvalue weighted by atomic mass is 10.2. The third-order valence-corrected chi connectivity index (χ3v) is 5.13. The summed E-state index contributed by atoms with van der Waals surface area (Å²) in [6, 6.07) is -0.460. The Bertz CT molecular complexity index is 583. The summed E-state index contributed by atoms with van der Waals surface area (Å²) in [6.45, 7) is 1.85. The molecule has 1 saturated heterocycles. The predicted octanol–water partition coefficient (Wildman–Crippen LogP) is -0.268. The van der Waals surface area contributed by atoms with Crippen LogP contribution in [0.1, 0.15) is 30.1 Å². The van der Waals surface area contributed by atoms with Crippen molar-refractivity contribution in [1.82, 2.24) is 14.5 Å². The molecule has 1 aliphatic rings. The zero-order valence-electron chi connectivity index (χ0n) is 11.1. The fourth-order valence-corrected chi connectivity index (χ4v) is 4.00. The molecule has 1 aromatic heterocycles. The molecule has 1 fully saturated rings. The topological polar surface area (TPSA) is 113 Å². The molecule has 8 nitrogen and oxygen atoms in total. The zero-order valence-corrected chi connectivity index (χ0v) is 11.9. The third kappa shape index (κ3) is 2.56. The number of H-pyrrole nitrogens is 1. The van der Waals surface area contributed by atoms with E-state index in [1.165, 1.54) is 4.31 Å². The molecule has 0 bridgehead atoms. The minimum atomic E-state index is -3.90. The lowest BCUT2D eigenvalue weighted by Crippen LogP contribution is -2.38. The second-order valence-corrected chi connectivity index (χ2v) is 6.26. The average molecular weight is 303 g/mol.